The van der Waals surface area contributed by atoms with Gasteiger partial charge in [-0.15, -0.1) is 0 Å². The van der Waals surface area contributed by atoms with E-state index in [9.17, 15) is 13.2 Å². The first kappa shape index (κ1) is 15.0. The predicted molar refractivity (Wildman–Crippen MR) is 75.1 cm³/mol. The lowest BCUT2D eigenvalue weighted by Gasteiger charge is -2.15. The van der Waals surface area contributed by atoms with Crippen molar-refractivity contribution in [2.45, 2.75) is 38.5 Å². The lowest BCUT2D eigenvalue weighted by Crippen LogP contribution is -2.34. The number of aliphatic carboxylic acids is 1. The molecule has 1 fully saturated rings. The molecule has 1 saturated carbocycles. The van der Waals surface area contributed by atoms with Crippen LogP contribution in [0.15, 0.2) is 17.0 Å². The van der Waals surface area contributed by atoms with Gasteiger partial charge in [0, 0.05) is 6.54 Å². The van der Waals surface area contributed by atoms with Crippen LogP contribution in [0.3, 0.4) is 0 Å². The maximum atomic E-state index is 12.4. The molecule has 0 amide bonds. The fourth-order valence-electron chi connectivity index (χ4n) is 2.51. The molecule has 20 heavy (non-hydrogen) atoms. The Morgan fingerprint density at radius 1 is 1.25 bits per heavy atom. The van der Waals surface area contributed by atoms with Crippen LogP contribution < -0.4 is 4.72 Å². The average Bonchev–Trinajstić information content (AvgIpc) is 3.05. The molecule has 0 unspecified atom stereocenters. The van der Waals surface area contributed by atoms with Gasteiger partial charge in [-0.3, -0.25) is 4.79 Å². The molecular weight excluding hydrogens is 278 g/mol. The number of sulfonamides is 1. The first-order chi connectivity index (χ1) is 9.18. The van der Waals surface area contributed by atoms with Crippen molar-refractivity contribution >= 4 is 16.0 Å². The van der Waals surface area contributed by atoms with E-state index in [2.05, 4.69) is 4.72 Å². The van der Waals surface area contributed by atoms with Gasteiger partial charge in [0.05, 0.1) is 10.3 Å². The van der Waals surface area contributed by atoms with Gasteiger partial charge in [0.15, 0.2) is 0 Å². The van der Waals surface area contributed by atoms with Crippen LogP contribution in [-0.2, 0) is 14.8 Å². The Balaban J connectivity index is 2.26. The van der Waals surface area contributed by atoms with Gasteiger partial charge >= 0.3 is 5.97 Å². The minimum atomic E-state index is -3.68. The van der Waals surface area contributed by atoms with Crippen LogP contribution in [0.2, 0.25) is 0 Å². The third kappa shape index (κ3) is 2.71. The molecule has 0 aliphatic heterocycles. The van der Waals surface area contributed by atoms with E-state index < -0.39 is 21.4 Å². The fourth-order valence-corrected chi connectivity index (χ4v) is 4.09. The second-order valence-electron chi connectivity index (χ2n) is 5.64. The summed E-state index contributed by atoms with van der Waals surface area (Å²) in [5.74, 6) is -0.933. The van der Waals surface area contributed by atoms with Crippen molar-refractivity contribution in [2.24, 2.45) is 5.41 Å². The molecule has 1 aromatic carbocycles. The van der Waals surface area contributed by atoms with Gasteiger partial charge in [-0.25, -0.2) is 13.1 Å². The van der Waals surface area contributed by atoms with Crippen molar-refractivity contribution in [2.75, 3.05) is 6.54 Å². The van der Waals surface area contributed by atoms with E-state index in [1.54, 1.807) is 13.8 Å². The van der Waals surface area contributed by atoms with Gasteiger partial charge in [-0.05, 0) is 44.7 Å². The second-order valence-corrected chi connectivity index (χ2v) is 7.34. The van der Waals surface area contributed by atoms with E-state index in [-0.39, 0.29) is 11.4 Å². The Hall–Kier alpha value is -1.40. The Morgan fingerprint density at radius 2 is 1.75 bits per heavy atom. The van der Waals surface area contributed by atoms with Crippen LogP contribution in [0.4, 0.5) is 0 Å². The van der Waals surface area contributed by atoms with Gasteiger partial charge in [0.25, 0.3) is 0 Å². The largest absolute Gasteiger partial charge is 0.481 e. The summed E-state index contributed by atoms with van der Waals surface area (Å²) in [4.78, 5) is 11.3. The van der Waals surface area contributed by atoms with Gasteiger partial charge in [-0.1, -0.05) is 17.7 Å². The standard InChI is InChI=1S/C14H19NO4S/c1-9-6-10(2)12(11(3)7-9)20(18,19)15-8-14(4-5-14)13(16)17/h6-7,15H,4-5,8H2,1-3H3,(H,16,17). The van der Waals surface area contributed by atoms with E-state index in [0.29, 0.717) is 24.0 Å². The number of carbonyl (C=O) groups is 1. The highest BCUT2D eigenvalue weighted by atomic mass is 32.2. The first-order valence-corrected chi connectivity index (χ1v) is 7.97. The number of hydrogen-bond acceptors (Lipinski definition) is 3. The molecule has 2 N–H and O–H groups in total. The van der Waals surface area contributed by atoms with Crippen LogP contribution in [-0.4, -0.2) is 26.0 Å². The van der Waals surface area contributed by atoms with Gasteiger partial charge in [0.1, 0.15) is 0 Å². The molecule has 110 valence electrons. The Kier molecular flexibility index (Phi) is 3.64. The first-order valence-electron chi connectivity index (χ1n) is 6.49. The smallest absolute Gasteiger partial charge is 0.310 e. The van der Waals surface area contributed by atoms with Crippen molar-refractivity contribution in [3.8, 4) is 0 Å². The predicted octanol–water partition coefficient (Wildman–Crippen LogP) is 1.75. The molecule has 0 aromatic heterocycles. The molecule has 0 radical (unpaired) electrons. The third-order valence-electron chi connectivity index (χ3n) is 3.78. The van der Waals surface area contributed by atoms with Crippen LogP contribution in [0.1, 0.15) is 29.5 Å². The molecule has 6 heteroatoms. The zero-order valence-corrected chi connectivity index (χ0v) is 12.7. The van der Waals surface area contributed by atoms with Gasteiger partial charge < -0.3 is 5.11 Å². The van der Waals surface area contributed by atoms with Crippen LogP contribution in [0, 0.1) is 26.2 Å². The Morgan fingerprint density at radius 3 is 2.15 bits per heavy atom. The molecule has 0 saturated heterocycles. The van der Waals surface area contributed by atoms with Crippen molar-refractivity contribution < 1.29 is 18.3 Å². The Bertz CT molecular complexity index is 637. The average molecular weight is 297 g/mol. The van der Waals surface area contributed by atoms with E-state index in [1.807, 2.05) is 19.1 Å². The zero-order valence-electron chi connectivity index (χ0n) is 11.9. The maximum absolute atomic E-state index is 12.4. The Labute approximate surface area is 119 Å². The second kappa shape index (κ2) is 4.86. The quantitative estimate of drug-likeness (QED) is 0.867. The summed E-state index contributed by atoms with van der Waals surface area (Å²) >= 11 is 0. The van der Waals surface area contributed by atoms with Crippen molar-refractivity contribution in [1.82, 2.24) is 4.72 Å². The number of carboxylic acids is 1. The minimum Gasteiger partial charge on any atom is -0.481 e. The number of rotatable bonds is 5. The van der Waals surface area contributed by atoms with E-state index in [0.717, 1.165) is 5.56 Å². The number of nitrogens with one attached hydrogen (secondary N) is 1. The van der Waals surface area contributed by atoms with Crippen LogP contribution in [0.5, 0.6) is 0 Å². The highest BCUT2D eigenvalue weighted by Crippen LogP contribution is 2.45. The molecule has 0 spiro atoms. The summed E-state index contributed by atoms with van der Waals surface area (Å²) in [5, 5.41) is 9.08. The highest BCUT2D eigenvalue weighted by molar-refractivity contribution is 7.89. The summed E-state index contributed by atoms with van der Waals surface area (Å²) in [6.07, 6.45) is 1.05. The lowest BCUT2D eigenvalue weighted by atomic mass is 10.1. The molecular formula is C14H19NO4S. The van der Waals surface area contributed by atoms with E-state index >= 15 is 0 Å². The third-order valence-corrected chi connectivity index (χ3v) is 5.49. The minimum absolute atomic E-state index is 0.0442. The van der Waals surface area contributed by atoms with Crippen molar-refractivity contribution in [3.63, 3.8) is 0 Å². The van der Waals surface area contributed by atoms with Crippen molar-refractivity contribution in [1.29, 1.82) is 0 Å². The van der Waals surface area contributed by atoms with Crippen LogP contribution >= 0.6 is 0 Å². The SMILES string of the molecule is Cc1cc(C)c(S(=O)(=O)NCC2(C(=O)O)CC2)c(C)c1. The normalized spacial score (nSPS) is 16.9. The molecule has 1 aliphatic carbocycles. The zero-order chi connectivity index (χ0) is 15.1. The summed E-state index contributed by atoms with van der Waals surface area (Å²) in [6, 6.07) is 3.62. The number of aryl methyl sites for hydroxylation is 3. The topological polar surface area (TPSA) is 83.5 Å². The molecule has 0 bridgehead atoms. The van der Waals surface area contributed by atoms with E-state index in [4.69, 9.17) is 5.11 Å². The number of benzene rings is 1. The fraction of sp³-hybridized carbons (Fsp3) is 0.500. The highest BCUT2D eigenvalue weighted by Gasteiger charge is 2.50. The molecule has 0 heterocycles. The van der Waals surface area contributed by atoms with Crippen molar-refractivity contribution in [3.05, 3.63) is 28.8 Å². The summed E-state index contributed by atoms with van der Waals surface area (Å²) in [5.41, 5.74) is 1.45. The summed E-state index contributed by atoms with van der Waals surface area (Å²) in [6.45, 7) is 5.36. The molecule has 1 aliphatic rings. The summed E-state index contributed by atoms with van der Waals surface area (Å²) < 4.78 is 27.2. The monoisotopic (exact) mass is 297 g/mol. The van der Waals surface area contributed by atoms with Crippen LogP contribution in [0.25, 0.3) is 0 Å². The number of hydrogen-bond donors (Lipinski definition) is 2. The maximum Gasteiger partial charge on any atom is 0.310 e. The number of carboxylic acid groups (broad SMARTS) is 1. The van der Waals surface area contributed by atoms with Gasteiger partial charge in [-0.2, -0.15) is 0 Å². The van der Waals surface area contributed by atoms with Gasteiger partial charge in [0.2, 0.25) is 10.0 Å². The molecule has 2 rings (SSSR count). The summed E-state index contributed by atoms with van der Waals surface area (Å²) in [7, 11) is -3.68. The lowest BCUT2D eigenvalue weighted by molar-refractivity contribution is -0.143. The molecule has 5 nitrogen and oxygen atoms in total. The molecule has 1 aromatic rings. The molecule has 0 atom stereocenters. The van der Waals surface area contributed by atoms with E-state index in [1.165, 1.54) is 0 Å².